The SMILES string of the molecule is CCOC(=O)C(C(=O)OCC)=C1Nc2ccccc2N/C1=C\C(=O)c1ccccc1. The van der Waals surface area contributed by atoms with Gasteiger partial charge in [-0.3, -0.25) is 4.79 Å². The summed E-state index contributed by atoms with van der Waals surface area (Å²) in [7, 11) is 0. The van der Waals surface area contributed by atoms with Gasteiger partial charge in [0.25, 0.3) is 0 Å². The fourth-order valence-electron chi connectivity index (χ4n) is 2.93. The van der Waals surface area contributed by atoms with E-state index in [0.717, 1.165) is 0 Å². The van der Waals surface area contributed by atoms with E-state index in [1.165, 1.54) is 6.08 Å². The van der Waals surface area contributed by atoms with Gasteiger partial charge in [-0.25, -0.2) is 9.59 Å². The van der Waals surface area contributed by atoms with E-state index < -0.39 is 11.9 Å². The zero-order chi connectivity index (χ0) is 21.5. The van der Waals surface area contributed by atoms with Gasteiger partial charge in [0.2, 0.25) is 0 Å². The molecule has 7 nitrogen and oxygen atoms in total. The number of rotatable bonds is 6. The molecule has 2 aromatic carbocycles. The minimum Gasteiger partial charge on any atom is -0.462 e. The first-order chi connectivity index (χ1) is 14.5. The van der Waals surface area contributed by atoms with Crippen LogP contribution in [-0.4, -0.2) is 30.9 Å². The van der Waals surface area contributed by atoms with Gasteiger partial charge in [-0.15, -0.1) is 0 Å². The Balaban J connectivity index is 2.16. The fraction of sp³-hybridized carbons (Fsp3) is 0.174. The molecule has 0 saturated carbocycles. The molecule has 2 N–H and O–H groups in total. The Morgan fingerprint density at radius 1 is 0.800 bits per heavy atom. The molecule has 0 radical (unpaired) electrons. The minimum atomic E-state index is -0.835. The first-order valence-electron chi connectivity index (χ1n) is 9.58. The van der Waals surface area contributed by atoms with E-state index in [1.807, 2.05) is 24.3 Å². The van der Waals surface area contributed by atoms with Gasteiger partial charge in [0, 0.05) is 11.6 Å². The number of nitrogens with one attached hydrogen (secondary N) is 2. The molecule has 0 spiro atoms. The number of benzene rings is 2. The van der Waals surface area contributed by atoms with Crippen LogP contribution in [0.3, 0.4) is 0 Å². The van der Waals surface area contributed by atoms with E-state index >= 15 is 0 Å². The van der Waals surface area contributed by atoms with Crippen molar-refractivity contribution in [3.05, 3.63) is 83.2 Å². The van der Waals surface area contributed by atoms with Gasteiger partial charge in [-0.2, -0.15) is 0 Å². The summed E-state index contributed by atoms with van der Waals surface area (Å²) in [5.41, 5.74) is 1.88. The Morgan fingerprint density at radius 3 is 1.90 bits per heavy atom. The van der Waals surface area contributed by atoms with Crippen LogP contribution >= 0.6 is 0 Å². The first kappa shape index (κ1) is 20.9. The average Bonchev–Trinajstić information content (AvgIpc) is 2.75. The van der Waals surface area contributed by atoms with E-state index in [-0.39, 0.29) is 36.0 Å². The normalized spacial score (nSPS) is 13.5. The first-order valence-corrected chi connectivity index (χ1v) is 9.58. The molecule has 1 aliphatic rings. The molecule has 154 valence electrons. The summed E-state index contributed by atoms with van der Waals surface area (Å²) >= 11 is 0. The highest BCUT2D eigenvalue weighted by atomic mass is 16.6. The van der Waals surface area contributed by atoms with Crippen LogP contribution in [0, 0.1) is 0 Å². The fourth-order valence-corrected chi connectivity index (χ4v) is 2.93. The van der Waals surface area contributed by atoms with Crippen LogP contribution in [0.2, 0.25) is 0 Å². The van der Waals surface area contributed by atoms with Crippen LogP contribution in [0.15, 0.2) is 77.6 Å². The molecule has 0 fully saturated rings. The van der Waals surface area contributed by atoms with Crippen molar-refractivity contribution >= 4 is 29.1 Å². The van der Waals surface area contributed by atoms with Gasteiger partial charge < -0.3 is 20.1 Å². The standard InChI is InChI=1S/C23H22N2O5/c1-3-29-22(27)20(23(28)30-4-2)21-18(14-19(26)15-10-6-5-7-11-15)24-16-12-8-9-13-17(16)25-21/h5-14,24-25H,3-4H2,1-2H3/b18-14-. The number of carbonyl (C=O) groups is 3. The highest BCUT2D eigenvalue weighted by molar-refractivity contribution is 6.16. The molecule has 0 saturated heterocycles. The highest BCUT2D eigenvalue weighted by Gasteiger charge is 2.31. The van der Waals surface area contributed by atoms with E-state index in [2.05, 4.69) is 10.6 Å². The van der Waals surface area contributed by atoms with Crippen LogP contribution in [-0.2, 0) is 19.1 Å². The number of para-hydroxylation sites is 2. The molecule has 3 rings (SSSR count). The maximum absolute atomic E-state index is 12.8. The Kier molecular flexibility index (Phi) is 6.64. The third-order valence-electron chi connectivity index (χ3n) is 4.27. The van der Waals surface area contributed by atoms with E-state index in [4.69, 9.17) is 9.47 Å². The van der Waals surface area contributed by atoms with Crippen LogP contribution < -0.4 is 10.6 Å². The average molecular weight is 406 g/mol. The quantitative estimate of drug-likeness (QED) is 0.249. The molecular weight excluding hydrogens is 384 g/mol. The smallest absolute Gasteiger partial charge is 0.347 e. The van der Waals surface area contributed by atoms with Gasteiger partial charge >= 0.3 is 11.9 Å². The van der Waals surface area contributed by atoms with Gasteiger partial charge in [0.15, 0.2) is 11.4 Å². The van der Waals surface area contributed by atoms with Crippen molar-refractivity contribution in [3.63, 3.8) is 0 Å². The second kappa shape index (κ2) is 9.56. The summed E-state index contributed by atoms with van der Waals surface area (Å²) in [4.78, 5) is 38.0. The molecule has 7 heteroatoms. The van der Waals surface area contributed by atoms with Gasteiger partial charge in [-0.05, 0) is 26.0 Å². The van der Waals surface area contributed by atoms with Crippen molar-refractivity contribution < 1.29 is 23.9 Å². The van der Waals surface area contributed by atoms with Crippen molar-refractivity contribution in [1.29, 1.82) is 0 Å². The lowest BCUT2D eigenvalue weighted by Crippen LogP contribution is -2.27. The number of fused-ring (bicyclic) bond motifs is 1. The second-order valence-corrected chi connectivity index (χ2v) is 6.27. The molecule has 1 heterocycles. The van der Waals surface area contributed by atoms with Crippen molar-refractivity contribution in [2.45, 2.75) is 13.8 Å². The second-order valence-electron chi connectivity index (χ2n) is 6.27. The predicted molar refractivity (Wildman–Crippen MR) is 113 cm³/mol. The monoisotopic (exact) mass is 406 g/mol. The van der Waals surface area contributed by atoms with E-state index in [1.54, 1.807) is 44.2 Å². The summed E-state index contributed by atoms with van der Waals surface area (Å²) in [5, 5.41) is 6.20. The minimum absolute atomic E-state index is 0.0844. The van der Waals surface area contributed by atoms with Crippen LogP contribution in [0.25, 0.3) is 0 Å². The Morgan fingerprint density at radius 2 is 1.33 bits per heavy atom. The highest BCUT2D eigenvalue weighted by Crippen LogP contribution is 2.33. The molecule has 0 aliphatic carbocycles. The Hall–Kier alpha value is -3.87. The third kappa shape index (κ3) is 4.57. The predicted octanol–water partition coefficient (Wildman–Crippen LogP) is 3.67. The number of ketones is 1. The molecular formula is C23H22N2O5. The van der Waals surface area contributed by atoms with E-state index in [9.17, 15) is 14.4 Å². The number of anilines is 2. The van der Waals surface area contributed by atoms with Crippen molar-refractivity contribution in [2.24, 2.45) is 0 Å². The maximum atomic E-state index is 12.8. The lowest BCUT2D eigenvalue weighted by Gasteiger charge is -2.26. The topological polar surface area (TPSA) is 93.7 Å². The van der Waals surface area contributed by atoms with Crippen LogP contribution in [0.4, 0.5) is 11.4 Å². The van der Waals surface area contributed by atoms with Gasteiger partial charge in [0.1, 0.15) is 0 Å². The summed E-state index contributed by atoms with van der Waals surface area (Å²) in [6.07, 6.45) is 1.34. The lowest BCUT2D eigenvalue weighted by atomic mass is 10.0. The van der Waals surface area contributed by atoms with Gasteiger partial charge in [0.05, 0.1) is 36.0 Å². The summed E-state index contributed by atoms with van der Waals surface area (Å²) in [5.74, 6) is -1.96. The van der Waals surface area contributed by atoms with Crippen LogP contribution in [0.5, 0.6) is 0 Å². The number of esters is 2. The van der Waals surface area contributed by atoms with Crippen molar-refractivity contribution in [2.75, 3.05) is 23.8 Å². The molecule has 0 atom stereocenters. The lowest BCUT2D eigenvalue weighted by molar-refractivity contribution is -0.146. The van der Waals surface area contributed by atoms with Gasteiger partial charge in [-0.1, -0.05) is 42.5 Å². The van der Waals surface area contributed by atoms with Crippen LogP contribution in [0.1, 0.15) is 24.2 Å². The molecule has 30 heavy (non-hydrogen) atoms. The number of hydrogen-bond donors (Lipinski definition) is 2. The number of hydrogen-bond acceptors (Lipinski definition) is 7. The molecule has 0 amide bonds. The Bertz CT molecular complexity index is 1000. The third-order valence-corrected chi connectivity index (χ3v) is 4.27. The van der Waals surface area contributed by atoms with Crippen molar-refractivity contribution in [3.8, 4) is 0 Å². The molecule has 1 aliphatic heterocycles. The zero-order valence-electron chi connectivity index (χ0n) is 16.7. The summed E-state index contributed by atoms with van der Waals surface area (Å²) in [6.45, 7) is 3.45. The molecule has 0 unspecified atom stereocenters. The van der Waals surface area contributed by atoms with E-state index in [0.29, 0.717) is 16.9 Å². The molecule has 0 aromatic heterocycles. The maximum Gasteiger partial charge on any atom is 0.347 e. The number of ether oxygens (including phenoxy) is 2. The van der Waals surface area contributed by atoms with Crippen molar-refractivity contribution in [1.82, 2.24) is 0 Å². The Labute approximate surface area is 174 Å². The summed E-state index contributed by atoms with van der Waals surface area (Å²) in [6, 6.07) is 15.9. The molecule has 0 bridgehead atoms. The summed E-state index contributed by atoms with van der Waals surface area (Å²) < 4.78 is 10.1. The largest absolute Gasteiger partial charge is 0.462 e. The number of carbonyl (C=O) groups excluding carboxylic acids is 3. The molecule has 2 aromatic rings. The number of allylic oxidation sites excluding steroid dienone is 1. The zero-order valence-corrected chi connectivity index (χ0v) is 16.7.